The van der Waals surface area contributed by atoms with Gasteiger partial charge in [-0.3, -0.25) is 4.57 Å². The lowest BCUT2D eigenvalue weighted by molar-refractivity contribution is 0.660. The molecule has 0 spiro atoms. The van der Waals surface area contributed by atoms with E-state index >= 15 is 0 Å². The molecule has 296 valence electrons. The minimum absolute atomic E-state index is 0.103. The zero-order chi connectivity index (χ0) is 41.8. The van der Waals surface area contributed by atoms with Crippen molar-refractivity contribution < 1.29 is 0 Å². The molecule has 3 aromatic heterocycles. The average molecular weight is 806 g/mol. The van der Waals surface area contributed by atoms with Crippen LogP contribution in [-0.2, 0) is 5.41 Å². The summed E-state index contributed by atoms with van der Waals surface area (Å²) in [6, 6.07) is 71.9. The van der Waals surface area contributed by atoms with Crippen LogP contribution in [0, 0.1) is 0 Å². The van der Waals surface area contributed by atoms with Crippen molar-refractivity contribution >= 4 is 54.4 Å². The van der Waals surface area contributed by atoms with Crippen molar-refractivity contribution in [3.05, 3.63) is 211 Å². The van der Waals surface area contributed by atoms with Gasteiger partial charge in [-0.15, -0.1) is 0 Å². The van der Waals surface area contributed by atoms with E-state index in [0.29, 0.717) is 17.6 Å². The first kappa shape index (κ1) is 35.6. The van der Waals surface area contributed by atoms with E-state index in [1.165, 1.54) is 55.1 Å². The second-order valence-corrected chi connectivity index (χ2v) is 17.2. The van der Waals surface area contributed by atoms with Crippen molar-refractivity contribution in [3.63, 3.8) is 0 Å². The number of rotatable bonds is 5. The van der Waals surface area contributed by atoms with Crippen LogP contribution in [0.2, 0.25) is 0 Å². The molecule has 1 aliphatic rings. The SMILES string of the molecule is CC1(C)c2ccccc2-c2ccc(-n3c4ccccc4c4cc(-c5c6ccccc6cc6c7ccccc7n(-c7nc(-c8ccccc8)nc(-c8ccccc8)n7)c56)ccc43)cc21. The van der Waals surface area contributed by atoms with Crippen LogP contribution in [0.25, 0.3) is 111 Å². The predicted octanol–water partition coefficient (Wildman–Crippen LogP) is 14.5. The van der Waals surface area contributed by atoms with Crippen molar-refractivity contribution in [1.82, 2.24) is 24.1 Å². The smallest absolute Gasteiger partial charge is 0.238 e. The molecule has 5 heteroatoms. The summed E-state index contributed by atoms with van der Waals surface area (Å²) in [5.41, 5.74) is 15.0. The molecule has 13 rings (SSSR count). The largest absolute Gasteiger partial charge is 0.309 e. The average Bonchev–Trinajstić information content (AvgIpc) is 3.93. The summed E-state index contributed by atoms with van der Waals surface area (Å²) in [7, 11) is 0. The molecule has 63 heavy (non-hydrogen) atoms. The number of para-hydroxylation sites is 2. The first-order valence-electron chi connectivity index (χ1n) is 21.6. The first-order chi connectivity index (χ1) is 31.0. The van der Waals surface area contributed by atoms with Crippen LogP contribution in [0.1, 0.15) is 25.0 Å². The molecule has 0 saturated carbocycles. The molecule has 0 atom stereocenters. The van der Waals surface area contributed by atoms with E-state index in [0.717, 1.165) is 49.4 Å². The molecular formula is C58H39N5. The molecule has 0 amide bonds. The number of hydrogen-bond acceptors (Lipinski definition) is 3. The van der Waals surface area contributed by atoms with Gasteiger partial charge in [0.15, 0.2) is 11.6 Å². The molecule has 0 fully saturated rings. The Balaban J connectivity index is 1.09. The molecule has 0 saturated heterocycles. The third-order valence-corrected chi connectivity index (χ3v) is 13.4. The van der Waals surface area contributed by atoms with E-state index in [9.17, 15) is 0 Å². The zero-order valence-electron chi connectivity index (χ0n) is 34.8. The van der Waals surface area contributed by atoms with E-state index in [4.69, 9.17) is 15.0 Å². The van der Waals surface area contributed by atoms with Gasteiger partial charge in [-0.2, -0.15) is 9.97 Å². The Labute approximate surface area is 364 Å². The summed E-state index contributed by atoms with van der Waals surface area (Å²) in [5, 5.41) is 7.05. The van der Waals surface area contributed by atoms with Gasteiger partial charge in [-0.25, -0.2) is 4.98 Å². The highest BCUT2D eigenvalue weighted by Crippen LogP contribution is 2.50. The standard InChI is InChI=1S/C58H39N5/c1-58(2)48-26-14-11-23-42(48)43-31-30-40(35-49(43)58)62-50-27-15-12-24-44(50)46-34-39(29-32-52(46)62)53-41-22-10-9-21-38(41)33-47-45-25-13-16-28-51(45)63(54(47)53)57-60-55(36-17-5-3-6-18-36)59-56(61-57)37-19-7-4-8-20-37/h3-35H,1-2H3. The second-order valence-electron chi connectivity index (χ2n) is 17.2. The van der Waals surface area contributed by atoms with Gasteiger partial charge in [0.2, 0.25) is 5.95 Å². The number of hydrogen-bond donors (Lipinski definition) is 0. The van der Waals surface area contributed by atoms with E-state index in [2.05, 4.69) is 187 Å². The fraction of sp³-hybridized carbons (Fsp3) is 0.0517. The van der Waals surface area contributed by atoms with Gasteiger partial charge in [0.1, 0.15) is 0 Å². The van der Waals surface area contributed by atoms with Crippen molar-refractivity contribution in [3.8, 4) is 56.7 Å². The molecular weight excluding hydrogens is 767 g/mol. The van der Waals surface area contributed by atoms with Crippen LogP contribution in [0.4, 0.5) is 0 Å². The third-order valence-electron chi connectivity index (χ3n) is 13.4. The second kappa shape index (κ2) is 13.4. The lowest BCUT2D eigenvalue weighted by Gasteiger charge is -2.22. The zero-order valence-corrected chi connectivity index (χ0v) is 34.8. The van der Waals surface area contributed by atoms with Crippen molar-refractivity contribution in [2.75, 3.05) is 0 Å². The Morgan fingerprint density at radius 1 is 0.381 bits per heavy atom. The van der Waals surface area contributed by atoms with Gasteiger partial charge < -0.3 is 4.57 Å². The maximum absolute atomic E-state index is 5.30. The van der Waals surface area contributed by atoms with Gasteiger partial charge in [-0.1, -0.05) is 172 Å². The maximum Gasteiger partial charge on any atom is 0.238 e. The monoisotopic (exact) mass is 805 g/mol. The van der Waals surface area contributed by atoms with Crippen LogP contribution >= 0.6 is 0 Å². The van der Waals surface area contributed by atoms with Crippen LogP contribution in [0.3, 0.4) is 0 Å². The lowest BCUT2D eigenvalue weighted by atomic mass is 9.82. The maximum atomic E-state index is 5.30. The number of aromatic nitrogens is 5. The van der Waals surface area contributed by atoms with Gasteiger partial charge in [-0.05, 0) is 81.1 Å². The van der Waals surface area contributed by atoms with E-state index in [1.54, 1.807) is 0 Å². The summed E-state index contributed by atoms with van der Waals surface area (Å²) in [6.45, 7) is 4.71. The summed E-state index contributed by atoms with van der Waals surface area (Å²) < 4.78 is 4.72. The highest BCUT2D eigenvalue weighted by molar-refractivity contribution is 6.22. The molecule has 12 aromatic rings. The Morgan fingerprint density at radius 3 is 1.68 bits per heavy atom. The Bertz CT molecular complexity index is 3760. The molecule has 5 nitrogen and oxygen atoms in total. The van der Waals surface area contributed by atoms with Gasteiger partial charge in [0.05, 0.1) is 22.1 Å². The van der Waals surface area contributed by atoms with E-state index in [1.807, 2.05) is 36.4 Å². The minimum Gasteiger partial charge on any atom is -0.309 e. The fourth-order valence-electron chi connectivity index (χ4n) is 10.4. The molecule has 0 bridgehead atoms. The Hall–Kier alpha value is -8.15. The number of fused-ring (bicyclic) bond motifs is 10. The number of nitrogens with zero attached hydrogens (tertiary/aromatic N) is 5. The highest BCUT2D eigenvalue weighted by atomic mass is 15.2. The molecule has 0 radical (unpaired) electrons. The molecule has 3 heterocycles. The topological polar surface area (TPSA) is 48.5 Å². The van der Waals surface area contributed by atoms with Gasteiger partial charge in [0.25, 0.3) is 0 Å². The molecule has 0 N–H and O–H groups in total. The molecule has 0 unspecified atom stereocenters. The Morgan fingerprint density at radius 2 is 0.952 bits per heavy atom. The molecule has 9 aromatic carbocycles. The quantitative estimate of drug-likeness (QED) is 0.174. The van der Waals surface area contributed by atoms with Crippen molar-refractivity contribution in [2.45, 2.75) is 19.3 Å². The van der Waals surface area contributed by atoms with E-state index in [-0.39, 0.29) is 5.41 Å². The summed E-state index contributed by atoms with van der Waals surface area (Å²) >= 11 is 0. The highest BCUT2D eigenvalue weighted by Gasteiger charge is 2.35. The molecule has 1 aliphatic carbocycles. The third kappa shape index (κ3) is 5.26. The summed E-state index contributed by atoms with van der Waals surface area (Å²) in [6.07, 6.45) is 0. The Kier molecular flexibility index (Phi) is 7.58. The van der Waals surface area contributed by atoms with Crippen LogP contribution < -0.4 is 0 Å². The minimum atomic E-state index is -0.103. The number of benzene rings is 9. The fourth-order valence-corrected chi connectivity index (χ4v) is 10.4. The summed E-state index contributed by atoms with van der Waals surface area (Å²) in [4.78, 5) is 15.7. The van der Waals surface area contributed by atoms with Crippen LogP contribution in [0.5, 0.6) is 0 Å². The first-order valence-corrected chi connectivity index (χ1v) is 21.6. The van der Waals surface area contributed by atoms with Crippen molar-refractivity contribution in [1.29, 1.82) is 0 Å². The summed E-state index contributed by atoms with van der Waals surface area (Å²) in [5.74, 6) is 1.83. The van der Waals surface area contributed by atoms with Gasteiger partial charge in [0, 0.05) is 49.3 Å². The van der Waals surface area contributed by atoms with Crippen LogP contribution in [-0.4, -0.2) is 24.1 Å². The predicted molar refractivity (Wildman–Crippen MR) is 260 cm³/mol. The molecule has 0 aliphatic heterocycles. The lowest BCUT2D eigenvalue weighted by Crippen LogP contribution is -2.15. The van der Waals surface area contributed by atoms with Crippen molar-refractivity contribution in [2.24, 2.45) is 0 Å². The van der Waals surface area contributed by atoms with E-state index < -0.39 is 0 Å². The van der Waals surface area contributed by atoms with Gasteiger partial charge >= 0.3 is 0 Å². The normalized spacial score (nSPS) is 13.0. The van der Waals surface area contributed by atoms with Crippen LogP contribution in [0.15, 0.2) is 200 Å².